The highest BCUT2D eigenvalue weighted by atomic mass is 14.9. The fourth-order valence-corrected chi connectivity index (χ4v) is 2.28. The fraction of sp³-hybridized carbons (Fsp3) is 0.571. The normalized spacial score (nSPS) is 26.1. The van der Waals surface area contributed by atoms with Crippen molar-refractivity contribution in [3.8, 4) is 0 Å². The van der Waals surface area contributed by atoms with Gasteiger partial charge < -0.3 is 5.32 Å². The van der Waals surface area contributed by atoms with Crippen molar-refractivity contribution < 1.29 is 0 Å². The predicted octanol–water partition coefficient (Wildman–Crippen LogP) is 3.48. The second-order valence-electron chi connectivity index (χ2n) is 5.12. The minimum atomic E-state index is 0.584. The summed E-state index contributed by atoms with van der Waals surface area (Å²) in [6.45, 7) is 7.96. The number of hydrogen-bond donors (Lipinski definition) is 1. The highest BCUT2D eigenvalue weighted by Crippen LogP contribution is 2.27. The maximum Gasteiger partial charge on any atom is 0.0323 e. The summed E-state index contributed by atoms with van der Waals surface area (Å²) in [5.74, 6) is 1.45. The molecule has 0 saturated carbocycles. The Morgan fingerprint density at radius 2 is 1.87 bits per heavy atom. The van der Waals surface area contributed by atoms with E-state index >= 15 is 0 Å². The van der Waals surface area contributed by atoms with E-state index < -0.39 is 0 Å². The van der Waals surface area contributed by atoms with Crippen molar-refractivity contribution in [2.75, 3.05) is 6.54 Å². The van der Waals surface area contributed by atoms with Crippen molar-refractivity contribution >= 4 is 0 Å². The molecule has 1 heteroatoms. The number of rotatable bonds is 2. The van der Waals surface area contributed by atoms with Gasteiger partial charge in [-0.2, -0.15) is 0 Å². The third-order valence-corrected chi connectivity index (χ3v) is 3.36. The van der Waals surface area contributed by atoms with Gasteiger partial charge in [0.15, 0.2) is 0 Å². The van der Waals surface area contributed by atoms with Gasteiger partial charge in [-0.1, -0.05) is 45.0 Å². The number of nitrogens with one attached hydrogen (secondary N) is 1. The summed E-state index contributed by atoms with van der Waals surface area (Å²) in [4.78, 5) is 0. The number of benzene rings is 1. The van der Waals surface area contributed by atoms with Crippen molar-refractivity contribution in [1.29, 1.82) is 0 Å². The van der Waals surface area contributed by atoms with E-state index in [0.717, 1.165) is 12.5 Å². The molecule has 2 unspecified atom stereocenters. The molecule has 2 atom stereocenters. The van der Waals surface area contributed by atoms with Gasteiger partial charge in [-0.25, -0.2) is 0 Å². The SMILES string of the molecule is CC1CNC(c2ccc(C(C)C)cc2)C1. The quantitative estimate of drug-likeness (QED) is 0.776. The summed E-state index contributed by atoms with van der Waals surface area (Å²) in [5.41, 5.74) is 2.88. The fourth-order valence-electron chi connectivity index (χ4n) is 2.28. The van der Waals surface area contributed by atoms with Crippen LogP contribution in [0.4, 0.5) is 0 Å². The van der Waals surface area contributed by atoms with Gasteiger partial charge in [0.1, 0.15) is 0 Å². The second kappa shape index (κ2) is 4.36. The molecular formula is C14H21N. The molecule has 0 spiro atoms. The van der Waals surface area contributed by atoms with Crippen molar-refractivity contribution in [3.63, 3.8) is 0 Å². The largest absolute Gasteiger partial charge is 0.310 e. The first kappa shape index (κ1) is 10.7. The lowest BCUT2D eigenvalue weighted by Crippen LogP contribution is -2.13. The molecule has 1 N–H and O–H groups in total. The van der Waals surface area contributed by atoms with E-state index in [9.17, 15) is 0 Å². The van der Waals surface area contributed by atoms with Crippen LogP contribution in [0.15, 0.2) is 24.3 Å². The van der Waals surface area contributed by atoms with E-state index in [1.165, 1.54) is 17.5 Å². The molecule has 82 valence electrons. The third-order valence-electron chi connectivity index (χ3n) is 3.36. The van der Waals surface area contributed by atoms with Crippen LogP contribution in [0.25, 0.3) is 0 Å². The third kappa shape index (κ3) is 2.40. The van der Waals surface area contributed by atoms with Gasteiger partial charge in [0.2, 0.25) is 0 Å². The van der Waals surface area contributed by atoms with Gasteiger partial charge in [-0.15, -0.1) is 0 Å². The maximum atomic E-state index is 3.57. The van der Waals surface area contributed by atoms with Gasteiger partial charge >= 0.3 is 0 Å². The molecule has 1 nitrogen and oxygen atoms in total. The minimum absolute atomic E-state index is 0.584. The molecule has 1 aliphatic rings. The van der Waals surface area contributed by atoms with Crippen molar-refractivity contribution in [1.82, 2.24) is 5.32 Å². The van der Waals surface area contributed by atoms with Crippen LogP contribution < -0.4 is 5.32 Å². The lowest BCUT2D eigenvalue weighted by molar-refractivity contribution is 0.611. The Kier molecular flexibility index (Phi) is 3.11. The van der Waals surface area contributed by atoms with Crippen LogP contribution in [0, 0.1) is 5.92 Å². The van der Waals surface area contributed by atoms with E-state index in [4.69, 9.17) is 0 Å². The van der Waals surface area contributed by atoms with E-state index in [2.05, 4.69) is 50.4 Å². The van der Waals surface area contributed by atoms with Gasteiger partial charge in [0, 0.05) is 6.04 Å². The van der Waals surface area contributed by atoms with Crippen LogP contribution >= 0.6 is 0 Å². The van der Waals surface area contributed by atoms with Crippen LogP contribution in [0.3, 0.4) is 0 Å². The highest BCUT2D eigenvalue weighted by molar-refractivity contribution is 5.27. The summed E-state index contributed by atoms with van der Waals surface area (Å²) < 4.78 is 0. The Morgan fingerprint density at radius 1 is 1.20 bits per heavy atom. The van der Waals surface area contributed by atoms with Gasteiger partial charge in [0.05, 0.1) is 0 Å². The molecule has 1 saturated heterocycles. The average molecular weight is 203 g/mol. The van der Waals surface area contributed by atoms with Crippen LogP contribution in [-0.4, -0.2) is 6.54 Å². The monoisotopic (exact) mass is 203 g/mol. The van der Waals surface area contributed by atoms with Crippen LogP contribution in [0.1, 0.15) is 50.3 Å². The summed E-state index contributed by atoms with van der Waals surface area (Å²) in [7, 11) is 0. The van der Waals surface area contributed by atoms with E-state index in [0.29, 0.717) is 12.0 Å². The zero-order valence-electron chi connectivity index (χ0n) is 9.96. The van der Waals surface area contributed by atoms with Crippen molar-refractivity contribution in [2.45, 2.75) is 39.2 Å². The standard InChI is InChI=1S/C14H21N/c1-10(2)12-4-6-13(7-5-12)14-8-11(3)9-15-14/h4-7,10-11,14-15H,8-9H2,1-3H3. The zero-order chi connectivity index (χ0) is 10.8. The predicted molar refractivity (Wildman–Crippen MR) is 65.1 cm³/mol. The Labute approximate surface area is 92.9 Å². The molecule has 0 aromatic heterocycles. The molecule has 0 bridgehead atoms. The first-order valence-corrected chi connectivity index (χ1v) is 6.00. The van der Waals surface area contributed by atoms with Crippen molar-refractivity contribution in [2.24, 2.45) is 5.92 Å². The molecule has 0 radical (unpaired) electrons. The molecule has 1 aromatic carbocycles. The summed E-state index contributed by atoms with van der Waals surface area (Å²) >= 11 is 0. The average Bonchev–Trinajstić information content (AvgIpc) is 2.65. The maximum absolute atomic E-state index is 3.57. The highest BCUT2D eigenvalue weighted by Gasteiger charge is 2.21. The topological polar surface area (TPSA) is 12.0 Å². The van der Waals surface area contributed by atoms with E-state index in [-0.39, 0.29) is 0 Å². The first-order valence-electron chi connectivity index (χ1n) is 6.00. The van der Waals surface area contributed by atoms with Gasteiger partial charge in [-0.05, 0) is 35.9 Å². The van der Waals surface area contributed by atoms with Gasteiger partial charge in [0.25, 0.3) is 0 Å². The van der Waals surface area contributed by atoms with Crippen LogP contribution in [-0.2, 0) is 0 Å². The first-order chi connectivity index (χ1) is 7.16. The minimum Gasteiger partial charge on any atom is -0.310 e. The summed E-state index contributed by atoms with van der Waals surface area (Å²) in [6.07, 6.45) is 1.28. The van der Waals surface area contributed by atoms with Crippen LogP contribution in [0.2, 0.25) is 0 Å². The molecule has 1 fully saturated rings. The molecule has 1 aromatic rings. The lowest BCUT2D eigenvalue weighted by Gasteiger charge is -2.12. The van der Waals surface area contributed by atoms with Crippen LogP contribution in [0.5, 0.6) is 0 Å². The molecule has 0 amide bonds. The van der Waals surface area contributed by atoms with Gasteiger partial charge in [-0.3, -0.25) is 0 Å². The molecule has 1 heterocycles. The Balaban J connectivity index is 2.10. The molecule has 2 rings (SSSR count). The number of hydrogen-bond acceptors (Lipinski definition) is 1. The zero-order valence-corrected chi connectivity index (χ0v) is 9.96. The molecule has 15 heavy (non-hydrogen) atoms. The smallest absolute Gasteiger partial charge is 0.0323 e. The molecular weight excluding hydrogens is 182 g/mol. The molecule has 1 aliphatic heterocycles. The Morgan fingerprint density at radius 3 is 2.33 bits per heavy atom. The summed E-state index contributed by atoms with van der Waals surface area (Å²) in [6, 6.07) is 9.69. The lowest BCUT2D eigenvalue weighted by atomic mass is 9.97. The Hall–Kier alpha value is -0.820. The van der Waals surface area contributed by atoms with Crippen molar-refractivity contribution in [3.05, 3.63) is 35.4 Å². The van der Waals surface area contributed by atoms with E-state index in [1.807, 2.05) is 0 Å². The molecule has 0 aliphatic carbocycles. The second-order valence-corrected chi connectivity index (χ2v) is 5.12. The Bertz CT molecular complexity index is 313. The van der Waals surface area contributed by atoms with E-state index in [1.54, 1.807) is 0 Å². The summed E-state index contributed by atoms with van der Waals surface area (Å²) in [5, 5.41) is 3.57.